The lowest BCUT2D eigenvalue weighted by Crippen LogP contribution is -2.41. The first-order valence-corrected chi connectivity index (χ1v) is 5.08. The summed E-state index contributed by atoms with van der Waals surface area (Å²) < 4.78 is 5.44. The van der Waals surface area contributed by atoms with Crippen molar-refractivity contribution in [3.05, 3.63) is 0 Å². The van der Waals surface area contributed by atoms with Gasteiger partial charge in [-0.05, 0) is 12.3 Å². The van der Waals surface area contributed by atoms with Crippen molar-refractivity contribution in [2.45, 2.75) is 38.8 Å². The molecule has 3 nitrogen and oxygen atoms in total. The summed E-state index contributed by atoms with van der Waals surface area (Å²) >= 11 is 0. The molecule has 2 aliphatic heterocycles. The average Bonchev–Trinajstić information content (AvgIpc) is 2.62. The number of ether oxygens (including phenoxy) is 1. The monoisotopic (exact) mass is 183 g/mol. The highest BCUT2D eigenvalue weighted by molar-refractivity contribution is 5.77. The second-order valence-corrected chi connectivity index (χ2v) is 4.49. The van der Waals surface area contributed by atoms with E-state index in [-0.39, 0.29) is 0 Å². The summed E-state index contributed by atoms with van der Waals surface area (Å²) in [4.78, 5) is 13.7. The number of rotatable bonds is 2. The Kier molecular flexibility index (Phi) is 2.28. The van der Waals surface area contributed by atoms with E-state index in [1.54, 1.807) is 0 Å². The summed E-state index contributed by atoms with van der Waals surface area (Å²) in [5.41, 5.74) is 0. The highest BCUT2D eigenvalue weighted by atomic mass is 16.5. The molecular weight excluding hydrogens is 166 g/mol. The van der Waals surface area contributed by atoms with Gasteiger partial charge < -0.3 is 9.64 Å². The Hall–Kier alpha value is -0.570. The van der Waals surface area contributed by atoms with Crippen molar-refractivity contribution < 1.29 is 9.53 Å². The van der Waals surface area contributed by atoms with Crippen molar-refractivity contribution in [2.75, 3.05) is 13.2 Å². The number of hydrogen-bond donors (Lipinski definition) is 0. The molecule has 2 rings (SSSR count). The van der Waals surface area contributed by atoms with Gasteiger partial charge >= 0.3 is 0 Å². The number of likely N-dealkylation sites (tertiary alicyclic amines) is 1. The Bertz CT molecular complexity index is 215. The molecule has 2 heterocycles. The Balaban J connectivity index is 1.91. The van der Waals surface area contributed by atoms with Gasteiger partial charge in [0.2, 0.25) is 5.91 Å². The molecular formula is C10H17NO2. The summed E-state index contributed by atoms with van der Waals surface area (Å²) in [7, 11) is 0. The number of nitrogens with zero attached hydrogens (tertiary/aromatic N) is 1. The number of amides is 1. The molecule has 0 unspecified atom stereocenters. The number of morpholine rings is 1. The zero-order chi connectivity index (χ0) is 9.42. The molecule has 2 fully saturated rings. The fraction of sp³-hybridized carbons (Fsp3) is 0.900. The zero-order valence-electron chi connectivity index (χ0n) is 8.32. The molecule has 13 heavy (non-hydrogen) atoms. The minimum atomic E-state index is 0.311. The van der Waals surface area contributed by atoms with E-state index in [1.807, 2.05) is 4.90 Å². The molecule has 2 atom stereocenters. The third kappa shape index (κ3) is 1.70. The van der Waals surface area contributed by atoms with Crippen LogP contribution >= 0.6 is 0 Å². The minimum absolute atomic E-state index is 0.311. The molecule has 1 amide bonds. The largest absolute Gasteiger partial charge is 0.374 e. The normalized spacial score (nSPS) is 31.8. The average molecular weight is 183 g/mol. The van der Waals surface area contributed by atoms with E-state index in [0.29, 0.717) is 30.4 Å². The van der Waals surface area contributed by atoms with Gasteiger partial charge in [-0.1, -0.05) is 13.8 Å². The molecule has 0 spiro atoms. The first-order chi connectivity index (χ1) is 6.16. The van der Waals surface area contributed by atoms with Crippen molar-refractivity contribution in [1.82, 2.24) is 4.90 Å². The number of carbonyl (C=O) groups excluding carboxylic acids is 1. The van der Waals surface area contributed by atoms with E-state index in [1.165, 1.54) is 0 Å². The van der Waals surface area contributed by atoms with E-state index in [0.717, 1.165) is 19.6 Å². The van der Waals surface area contributed by atoms with Crippen LogP contribution in [0.25, 0.3) is 0 Å². The Morgan fingerprint density at radius 3 is 2.85 bits per heavy atom. The highest BCUT2D eigenvalue weighted by Gasteiger charge is 2.41. The molecule has 74 valence electrons. The van der Waals surface area contributed by atoms with E-state index >= 15 is 0 Å². The van der Waals surface area contributed by atoms with Gasteiger partial charge in [-0.25, -0.2) is 0 Å². The Morgan fingerprint density at radius 1 is 1.62 bits per heavy atom. The molecule has 0 aliphatic carbocycles. The standard InChI is InChI=1S/C10H17NO2/c1-7(2)3-10(12)11-5-9-4-8(11)6-13-9/h7-9H,3-6H2,1-2H3/t8-,9-/m1/s1. The van der Waals surface area contributed by atoms with Crippen LogP contribution in [0.5, 0.6) is 0 Å². The van der Waals surface area contributed by atoms with Gasteiger partial charge in [-0.15, -0.1) is 0 Å². The van der Waals surface area contributed by atoms with Crippen molar-refractivity contribution >= 4 is 5.91 Å². The van der Waals surface area contributed by atoms with E-state index in [4.69, 9.17) is 4.74 Å². The third-order valence-corrected chi connectivity index (χ3v) is 2.80. The molecule has 0 saturated carbocycles. The Labute approximate surface area is 79.0 Å². The maximum Gasteiger partial charge on any atom is 0.223 e. The summed E-state index contributed by atoms with van der Waals surface area (Å²) in [6.07, 6.45) is 2.08. The molecule has 2 bridgehead atoms. The van der Waals surface area contributed by atoms with Crippen molar-refractivity contribution in [2.24, 2.45) is 5.92 Å². The topological polar surface area (TPSA) is 29.5 Å². The lowest BCUT2D eigenvalue weighted by Gasteiger charge is -2.27. The molecule has 2 aliphatic rings. The maximum atomic E-state index is 11.7. The van der Waals surface area contributed by atoms with Crippen LogP contribution in [0.4, 0.5) is 0 Å². The lowest BCUT2D eigenvalue weighted by atomic mass is 10.1. The number of hydrogen-bond acceptors (Lipinski definition) is 2. The van der Waals surface area contributed by atoms with E-state index in [2.05, 4.69) is 13.8 Å². The fourth-order valence-corrected chi connectivity index (χ4v) is 2.17. The van der Waals surface area contributed by atoms with Crippen molar-refractivity contribution in [1.29, 1.82) is 0 Å². The lowest BCUT2D eigenvalue weighted by molar-refractivity contribution is -0.136. The minimum Gasteiger partial charge on any atom is -0.374 e. The van der Waals surface area contributed by atoms with Crippen LogP contribution in [0, 0.1) is 5.92 Å². The van der Waals surface area contributed by atoms with Crippen LogP contribution < -0.4 is 0 Å². The predicted molar refractivity (Wildman–Crippen MR) is 49.3 cm³/mol. The van der Waals surface area contributed by atoms with Gasteiger partial charge in [-0.2, -0.15) is 0 Å². The van der Waals surface area contributed by atoms with Gasteiger partial charge in [0, 0.05) is 13.0 Å². The van der Waals surface area contributed by atoms with Crippen LogP contribution in [0.2, 0.25) is 0 Å². The molecule has 0 aromatic carbocycles. The van der Waals surface area contributed by atoms with Gasteiger partial charge in [0.1, 0.15) is 0 Å². The van der Waals surface area contributed by atoms with Gasteiger partial charge in [-0.3, -0.25) is 4.79 Å². The van der Waals surface area contributed by atoms with Crippen LogP contribution in [-0.2, 0) is 9.53 Å². The molecule has 0 aromatic rings. The Morgan fingerprint density at radius 2 is 2.38 bits per heavy atom. The van der Waals surface area contributed by atoms with E-state index in [9.17, 15) is 4.79 Å². The molecule has 0 radical (unpaired) electrons. The van der Waals surface area contributed by atoms with Crippen LogP contribution in [0.15, 0.2) is 0 Å². The van der Waals surface area contributed by atoms with Crippen LogP contribution in [0.3, 0.4) is 0 Å². The molecule has 3 heteroatoms. The summed E-state index contributed by atoms with van der Waals surface area (Å²) in [5.74, 6) is 0.776. The van der Waals surface area contributed by atoms with Gasteiger partial charge in [0.15, 0.2) is 0 Å². The first-order valence-electron chi connectivity index (χ1n) is 5.08. The second-order valence-electron chi connectivity index (χ2n) is 4.49. The predicted octanol–water partition coefficient (Wildman–Crippen LogP) is 1.03. The molecule has 2 saturated heterocycles. The van der Waals surface area contributed by atoms with Crippen molar-refractivity contribution in [3.8, 4) is 0 Å². The smallest absolute Gasteiger partial charge is 0.223 e. The first kappa shape index (κ1) is 9.00. The van der Waals surface area contributed by atoms with Gasteiger partial charge in [0.25, 0.3) is 0 Å². The second kappa shape index (κ2) is 3.29. The van der Waals surface area contributed by atoms with E-state index < -0.39 is 0 Å². The fourth-order valence-electron chi connectivity index (χ4n) is 2.17. The molecule has 0 aromatic heterocycles. The zero-order valence-corrected chi connectivity index (χ0v) is 8.32. The number of carbonyl (C=O) groups is 1. The van der Waals surface area contributed by atoms with Crippen molar-refractivity contribution in [3.63, 3.8) is 0 Å². The SMILES string of the molecule is CC(C)CC(=O)N1C[C@H]2C[C@@H]1CO2. The quantitative estimate of drug-likeness (QED) is 0.640. The van der Waals surface area contributed by atoms with Gasteiger partial charge in [0.05, 0.1) is 18.8 Å². The number of fused-ring (bicyclic) bond motifs is 2. The summed E-state index contributed by atoms with van der Waals surface area (Å²) in [5, 5.41) is 0. The molecule has 0 N–H and O–H groups in total. The summed E-state index contributed by atoms with van der Waals surface area (Å²) in [6, 6.07) is 0.385. The van der Waals surface area contributed by atoms with Crippen LogP contribution in [0.1, 0.15) is 26.7 Å². The van der Waals surface area contributed by atoms with Crippen LogP contribution in [-0.4, -0.2) is 36.1 Å². The highest BCUT2D eigenvalue weighted by Crippen LogP contribution is 2.28. The summed E-state index contributed by atoms with van der Waals surface area (Å²) in [6.45, 7) is 5.76. The third-order valence-electron chi connectivity index (χ3n) is 2.80. The maximum absolute atomic E-state index is 11.7.